The van der Waals surface area contributed by atoms with Crippen molar-refractivity contribution < 1.29 is 14.6 Å². The number of para-hydroxylation sites is 2. The summed E-state index contributed by atoms with van der Waals surface area (Å²) in [6.45, 7) is 3.43. The monoisotopic (exact) mass is 361 g/mol. The van der Waals surface area contributed by atoms with Crippen LogP contribution in [0.1, 0.15) is 25.0 Å². The Labute approximate surface area is 153 Å². The van der Waals surface area contributed by atoms with E-state index >= 15 is 0 Å². The quantitative estimate of drug-likeness (QED) is 0.631. The van der Waals surface area contributed by atoms with Crippen molar-refractivity contribution in [2.45, 2.75) is 38.8 Å². The van der Waals surface area contributed by atoms with Gasteiger partial charge < -0.3 is 19.9 Å². The van der Waals surface area contributed by atoms with E-state index in [4.69, 9.17) is 9.47 Å². The first-order valence-electron chi connectivity index (χ1n) is 9.20. The fraction of sp³-hybridized carbons (Fsp3) is 0.526. The molecule has 7 nitrogen and oxygen atoms in total. The maximum atomic E-state index is 12.2. The third-order valence-corrected chi connectivity index (χ3v) is 4.69. The first kappa shape index (κ1) is 18.4. The normalized spacial score (nSPS) is 13.0. The Morgan fingerprint density at radius 1 is 1.19 bits per heavy atom. The van der Waals surface area contributed by atoms with Crippen LogP contribution in [0.25, 0.3) is 0 Å². The summed E-state index contributed by atoms with van der Waals surface area (Å²) in [7, 11) is 1.63. The van der Waals surface area contributed by atoms with Crippen molar-refractivity contribution in [1.82, 2.24) is 14.5 Å². The summed E-state index contributed by atoms with van der Waals surface area (Å²) in [4.78, 5) is 12.2. The molecule has 0 unspecified atom stereocenters. The number of rotatable bonds is 10. The molecule has 0 radical (unpaired) electrons. The Hall–Kier alpha value is -2.41. The van der Waals surface area contributed by atoms with Crippen molar-refractivity contribution >= 4 is 0 Å². The number of hydrogen-bond acceptors (Lipinski definition) is 5. The molecular weight excluding hydrogens is 334 g/mol. The van der Waals surface area contributed by atoms with E-state index in [0.717, 1.165) is 62.5 Å². The molecule has 2 N–H and O–H groups in total. The lowest BCUT2D eigenvalue weighted by Gasteiger charge is -2.10. The summed E-state index contributed by atoms with van der Waals surface area (Å²) in [5.74, 6) is 1.64. The topological polar surface area (TPSA) is 77.7 Å². The van der Waals surface area contributed by atoms with E-state index in [1.807, 2.05) is 24.3 Å². The van der Waals surface area contributed by atoms with E-state index in [1.54, 1.807) is 11.7 Å². The van der Waals surface area contributed by atoms with Crippen molar-refractivity contribution in [3.05, 3.63) is 40.4 Å². The largest absolute Gasteiger partial charge is 0.493 e. The van der Waals surface area contributed by atoms with E-state index in [-0.39, 0.29) is 11.6 Å². The number of benzene rings is 1. The van der Waals surface area contributed by atoms with Gasteiger partial charge in [0, 0.05) is 19.6 Å². The highest BCUT2D eigenvalue weighted by molar-refractivity contribution is 5.39. The van der Waals surface area contributed by atoms with Crippen molar-refractivity contribution in [2.75, 3.05) is 26.8 Å². The van der Waals surface area contributed by atoms with E-state index in [1.165, 1.54) is 4.57 Å². The first-order valence-corrected chi connectivity index (χ1v) is 9.20. The maximum Gasteiger partial charge on any atom is 0.331 e. The Morgan fingerprint density at radius 2 is 2.00 bits per heavy atom. The summed E-state index contributed by atoms with van der Waals surface area (Å²) >= 11 is 0. The Kier molecular flexibility index (Phi) is 6.22. The summed E-state index contributed by atoms with van der Waals surface area (Å²) in [6, 6.07) is 7.59. The summed E-state index contributed by atoms with van der Waals surface area (Å²) in [5.41, 5.74) is 0.717. The Balaban J connectivity index is 1.31. The molecule has 1 aliphatic rings. The van der Waals surface area contributed by atoms with E-state index in [0.29, 0.717) is 13.2 Å². The molecule has 2 heterocycles. The number of hydrogen-bond donors (Lipinski definition) is 2. The van der Waals surface area contributed by atoms with Gasteiger partial charge in [0.1, 0.15) is 6.61 Å². The molecule has 2 aromatic rings. The molecule has 0 atom stereocenters. The van der Waals surface area contributed by atoms with Crippen LogP contribution < -0.4 is 20.5 Å². The maximum absolute atomic E-state index is 12.2. The summed E-state index contributed by atoms with van der Waals surface area (Å²) in [6.07, 6.45) is 3.51. The Morgan fingerprint density at radius 3 is 2.77 bits per heavy atom. The molecule has 0 amide bonds. The van der Waals surface area contributed by atoms with Gasteiger partial charge in [-0.25, -0.2) is 4.79 Å². The van der Waals surface area contributed by atoms with Gasteiger partial charge in [0.25, 0.3) is 0 Å². The molecule has 0 saturated carbocycles. The lowest BCUT2D eigenvalue weighted by Crippen LogP contribution is -2.25. The number of fused-ring (bicyclic) bond motifs is 1. The molecule has 1 aromatic heterocycles. The van der Waals surface area contributed by atoms with Crippen molar-refractivity contribution in [2.24, 2.45) is 0 Å². The van der Waals surface area contributed by atoms with Crippen LogP contribution in [0.15, 0.2) is 29.1 Å². The predicted molar refractivity (Wildman–Crippen MR) is 99.3 cm³/mol. The number of nitrogens with one attached hydrogen (secondary N) is 1. The number of nitrogens with zero attached hydrogens (tertiary/aromatic N) is 2. The van der Waals surface area contributed by atoms with Crippen LogP contribution in [0, 0.1) is 0 Å². The molecule has 3 rings (SSSR count). The molecule has 0 spiro atoms. The molecule has 1 aromatic carbocycles. The lowest BCUT2D eigenvalue weighted by atomic mass is 10.3. The van der Waals surface area contributed by atoms with Crippen LogP contribution in [0.5, 0.6) is 17.4 Å². The van der Waals surface area contributed by atoms with Gasteiger partial charge in [-0.3, -0.25) is 9.13 Å². The van der Waals surface area contributed by atoms with Crippen LogP contribution in [-0.4, -0.2) is 41.0 Å². The van der Waals surface area contributed by atoms with Crippen LogP contribution in [0.3, 0.4) is 0 Å². The third kappa shape index (κ3) is 4.04. The molecule has 7 heteroatoms. The van der Waals surface area contributed by atoms with Crippen molar-refractivity contribution in [3.8, 4) is 17.4 Å². The Bertz CT molecular complexity index is 782. The predicted octanol–water partition coefficient (Wildman–Crippen LogP) is 1.76. The molecule has 0 saturated heterocycles. The molecule has 0 bridgehead atoms. The number of imidazole rings is 1. The van der Waals surface area contributed by atoms with Crippen LogP contribution in [0.4, 0.5) is 0 Å². The molecule has 0 aliphatic carbocycles. The zero-order chi connectivity index (χ0) is 18.4. The van der Waals surface area contributed by atoms with Gasteiger partial charge >= 0.3 is 5.69 Å². The van der Waals surface area contributed by atoms with Crippen molar-refractivity contribution in [1.29, 1.82) is 0 Å². The summed E-state index contributed by atoms with van der Waals surface area (Å²) in [5, 5.41) is 13.5. The number of methoxy groups -OCH3 is 1. The second kappa shape index (κ2) is 8.80. The van der Waals surface area contributed by atoms with Crippen molar-refractivity contribution in [3.63, 3.8) is 0 Å². The second-order valence-corrected chi connectivity index (χ2v) is 6.42. The smallest absolute Gasteiger partial charge is 0.331 e. The minimum Gasteiger partial charge on any atom is -0.493 e. The van der Waals surface area contributed by atoms with Gasteiger partial charge in [-0.1, -0.05) is 12.1 Å². The molecule has 142 valence electrons. The highest BCUT2D eigenvalue weighted by Crippen LogP contribution is 2.25. The van der Waals surface area contributed by atoms with Gasteiger partial charge in [-0.15, -0.1) is 0 Å². The standard InChI is InChI=1S/C19H27N3O4/c1-25-16-8-2-3-9-17(16)26-14-11-20-10-4-5-12-22-18(23)15-7-6-13-21(15)19(22)24/h2-3,8-9,20,23H,4-7,10-14H2,1H3. The molecule has 1 aliphatic heterocycles. The van der Waals surface area contributed by atoms with Crippen LogP contribution >= 0.6 is 0 Å². The SMILES string of the molecule is COc1ccccc1OCCNCCCCn1c(O)c2n(c1=O)CCC2. The van der Waals surface area contributed by atoms with Gasteiger partial charge in [0.05, 0.1) is 12.8 Å². The average Bonchev–Trinajstić information content (AvgIpc) is 3.23. The lowest BCUT2D eigenvalue weighted by molar-refractivity contribution is 0.292. The second-order valence-electron chi connectivity index (χ2n) is 6.42. The van der Waals surface area contributed by atoms with Gasteiger partial charge in [0.15, 0.2) is 11.5 Å². The van der Waals surface area contributed by atoms with Gasteiger partial charge in [-0.05, 0) is 44.4 Å². The van der Waals surface area contributed by atoms with Crippen LogP contribution in [0.2, 0.25) is 0 Å². The zero-order valence-corrected chi connectivity index (χ0v) is 15.2. The number of unbranched alkanes of at least 4 members (excludes halogenated alkanes) is 1. The third-order valence-electron chi connectivity index (χ3n) is 4.69. The highest BCUT2D eigenvalue weighted by atomic mass is 16.5. The zero-order valence-electron chi connectivity index (χ0n) is 15.2. The van der Waals surface area contributed by atoms with E-state index in [9.17, 15) is 9.90 Å². The van der Waals surface area contributed by atoms with E-state index in [2.05, 4.69) is 5.32 Å². The minimum atomic E-state index is -0.0758. The minimum absolute atomic E-state index is 0.0758. The average molecular weight is 361 g/mol. The summed E-state index contributed by atoms with van der Waals surface area (Å²) < 4.78 is 14.1. The highest BCUT2D eigenvalue weighted by Gasteiger charge is 2.22. The van der Waals surface area contributed by atoms with Gasteiger partial charge in [0.2, 0.25) is 5.88 Å². The van der Waals surface area contributed by atoms with Crippen LogP contribution in [-0.2, 0) is 19.5 Å². The fourth-order valence-electron chi connectivity index (χ4n) is 3.33. The number of aromatic nitrogens is 2. The number of ether oxygens (including phenoxy) is 2. The first-order chi connectivity index (χ1) is 12.7. The fourth-order valence-corrected chi connectivity index (χ4v) is 3.33. The molecule has 0 fully saturated rings. The van der Waals surface area contributed by atoms with Gasteiger partial charge in [-0.2, -0.15) is 0 Å². The number of aromatic hydroxyl groups is 1. The van der Waals surface area contributed by atoms with E-state index < -0.39 is 0 Å². The molecule has 26 heavy (non-hydrogen) atoms. The molecular formula is C19H27N3O4.